The van der Waals surface area contributed by atoms with Gasteiger partial charge in [0.1, 0.15) is 13.1 Å². The lowest BCUT2D eigenvalue weighted by molar-refractivity contribution is -0.135. The fourth-order valence-electron chi connectivity index (χ4n) is 3.84. The van der Waals surface area contributed by atoms with Gasteiger partial charge in [0.15, 0.2) is 0 Å². The number of carbonyl (C=O) groups excluding carboxylic acids is 1. The summed E-state index contributed by atoms with van der Waals surface area (Å²) in [6.07, 6.45) is 3.79. The second-order valence-corrected chi connectivity index (χ2v) is 8.91. The van der Waals surface area contributed by atoms with Gasteiger partial charge in [0, 0.05) is 19.0 Å². The molecular weight excluding hydrogens is 364 g/mol. The maximum atomic E-state index is 12.9. The van der Waals surface area contributed by atoms with Crippen LogP contribution < -0.4 is 0 Å². The quantitative estimate of drug-likeness (QED) is 0.712. The lowest BCUT2D eigenvalue weighted by Gasteiger charge is -2.32. The van der Waals surface area contributed by atoms with Gasteiger partial charge in [-0.15, -0.1) is 0 Å². The summed E-state index contributed by atoms with van der Waals surface area (Å²) < 4.78 is 27.3. The van der Waals surface area contributed by atoms with Crippen LogP contribution in [-0.2, 0) is 27.7 Å². The molecule has 142 valence electrons. The van der Waals surface area contributed by atoms with E-state index in [1.54, 1.807) is 12.1 Å². The highest BCUT2D eigenvalue weighted by Gasteiger charge is 2.34. The maximum absolute atomic E-state index is 12.9. The lowest BCUT2D eigenvalue weighted by atomic mass is 9.96. The molecule has 7 nitrogen and oxygen atoms in total. The Labute approximate surface area is 159 Å². The Kier molecular flexibility index (Phi) is 5.79. The largest absolute Gasteiger partial charge is 0.316 e. The van der Waals surface area contributed by atoms with E-state index in [-0.39, 0.29) is 38.0 Å². The van der Waals surface area contributed by atoms with E-state index < -0.39 is 10.0 Å². The zero-order valence-electron chi connectivity index (χ0n) is 15.1. The van der Waals surface area contributed by atoms with E-state index in [4.69, 9.17) is 10.5 Å². The highest BCUT2D eigenvalue weighted by Crippen LogP contribution is 2.29. The third kappa shape index (κ3) is 3.97. The number of benzene rings is 1. The van der Waals surface area contributed by atoms with Gasteiger partial charge in [-0.2, -0.15) is 14.8 Å². The minimum atomic E-state index is -3.57. The standard InChI is InChI=1S/C19H22N4O3S/c20-8-12-22(13-9-21)19(24)16-6-10-23(11-7-16)27(25,26)18-5-4-15-2-1-3-17(15)14-18/h4-5,14,16H,1-3,6-7,10-13H2. The van der Waals surface area contributed by atoms with Crippen LogP contribution >= 0.6 is 0 Å². The molecule has 3 rings (SSSR count). The van der Waals surface area contributed by atoms with Gasteiger partial charge < -0.3 is 4.90 Å². The van der Waals surface area contributed by atoms with Crippen LogP contribution in [0, 0.1) is 28.6 Å². The van der Waals surface area contributed by atoms with Crippen molar-refractivity contribution in [1.29, 1.82) is 10.5 Å². The van der Waals surface area contributed by atoms with Crippen molar-refractivity contribution in [2.24, 2.45) is 5.92 Å². The first-order valence-corrected chi connectivity index (χ1v) is 10.6. The summed E-state index contributed by atoms with van der Waals surface area (Å²) in [5.74, 6) is -0.592. The molecular formula is C19H22N4O3S. The molecule has 0 radical (unpaired) electrons. The van der Waals surface area contributed by atoms with E-state index in [0.717, 1.165) is 24.8 Å². The molecule has 1 fully saturated rings. The van der Waals surface area contributed by atoms with E-state index in [2.05, 4.69) is 0 Å². The van der Waals surface area contributed by atoms with Crippen molar-refractivity contribution >= 4 is 15.9 Å². The number of aryl methyl sites for hydroxylation is 2. The molecule has 1 aliphatic carbocycles. The summed E-state index contributed by atoms with van der Waals surface area (Å²) in [5.41, 5.74) is 2.35. The zero-order chi connectivity index (χ0) is 19.4. The van der Waals surface area contributed by atoms with E-state index in [9.17, 15) is 13.2 Å². The van der Waals surface area contributed by atoms with Crippen molar-refractivity contribution < 1.29 is 13.2 Å². The van der Waals surface area contributed by atoms with Crippen LogP contribution in [0.15, 0.2) is 23.1 Å². The number of nitrogens with zero attached hydrogens (tertiary/aromatic N) is 4. The van der Waals surface area contributed by atoms with Crippen LogP contribution in [0.4, 0.5) is 0 Å². The van der Waals surface area contributed by atoms with Crippen LogP contribution in [0.3, 0.4) is 0 Å². The molecule has 27 heavy (non-hydrogen) atoms. The Bertz CT molecular complexity index is 890. The number of hydrogen-bond donors (Lipinski definition) is 0. The summed E-state index contributed by atoms with van der Waals surface area (Å²) in [6.45, 7) is 0.283. The summed E-state index contributed by atoms with van der Waals surface area (Å²) in [7, 11) is -3.57. The van der Waals surface area contributed by atoms with E-state index >= 15 is 0 Å². The van der Waals surface area contributed by atoms with Gasteiger partial charge in [0.2, 0.25) is 15.9 Å². The number of carbonyl (C=O) groups is 1. The van der Waals surface area contributed by atoms with Crippen molar-refractivity contribution in [3.05, 3.63) is 29.3 Å². The molecule has 0 aromatic heterocycles. The molecule has 1 aromatic rings. The number of nitriles is 2. The van der Waals surface area contributed by atoms with Gasteiger partial charge in [-0.05, 0) is 55.4 Å². The highest BCUT2D eigenvalue weighted by atomic mass is 32.2. The SMILES string of the molecule is N#CCN(CC#N)C(=O)C1CCN(S(=O)(=O)c2ccc3c(c2)CCC3)CC1. The van der Waals surface area contributed by atoms with Gasteiger partial charge in [0.05, 0.1) is 17.0 Å². The minimum absolute atomic E-state index is 0.125. The fraction of sp³-hybridized carbons (Fsp3) is 0.526. The van der Waals surface area contributed by atoms with Crippen molar-refractivity contribution in [3.8, 4) is 12.1 Å². The first kappa shape index (κ1) is 19.3. The molecule has 1 aromatic carbocycles. The third-order valence-corrected chi connectivity index (χ3v) is 7.24. The Morgan fingerprint density at radius 2 is 1.74 bits per heavy atom. The van der Waals surface area contributed by atoms with Gasteiger partial charge in [0.25, 0.3) is 0 Å². The first-order valence-electron chi connectivity index (χ1n) is 9.12. The smallest absolute Gasteiger partial charge is 0.243 e. The predicted molar refractivity (Wildman–Crippen MR) is 97.8 cm³/mol. The average molecular weight is 386 g/mol. The number of fused-ring (bicyclic) bond motifs is 1. The normalized spacial score (nSPS) is 17.7. The van der Waals surface area contributed by atoms with Crippen LogP contribution in [0.1, 0.15) is 30.4 Å². The molecule has 1 saturated heterocycles. The molecule has 0 spiro atoms. The number of hydrogen-bond acceptors (Lipinski definition) is 5. The molecule has 0 atom stereocenters. The van der Waals surface area contributed by atoms with Gasteiger partial charge >= 0.3 is 0 Å². The first-order chi connectivity index (χ1) is 13.0. The molecule has 1 heterocycles. The lowest BCUT2D eigenvalue weighted by Crippen LogP contribution is -2.44. The third-order valence-electron chi connectivity index (χ3n) is 5.35. The minimum Gasteiger partial charge on any atom is -0.316 e. The number of rotatable bonds is 5. The molecule has 0 N–H and O–H groups in total. The van der Waals surface area contributed by atoms with E-state index in [1.165, 1.54) is 14.8 Å². The van der Waals surface area contributed by atoms with Crippen molar-refractivity contribution in [2.45, 2.75) is 37.0 Å². The summed E-state index contributed by atoms with van der Waals surface area (Å²) in [5, 5.41) is 17.6. The van der Waals surface area contributed by atoms with Gasteiger partial charge in [-0.1, -0.05) is 6.07 Å². The zero-order valence-corrected chi connectivity index (χ0v) is 15.9. The van der Waals surface area contributed by atoms with Gasteiger partial charge in [-0.25, -0.2) is 8.42 Å². The molecule has 0 unspecified atom stereocenters. The van der Waals surface area contributed by atoms with Crippen molar-refractivity contribution in [2.75, 3.05) is 26.2 Å². The van der Waals surface area contributed by atoms with Gasteiger partial charge in [-0.3, -0.25) is 4.79 Å². The second-order valence-electron chi connectivity index (χ2n) is 6.97. The molecule has 0 saturated carbocycles. The molecule has 0 bridgehead atoms. The van der Waals surface area contributed by atoms with Crippen molar-refractivity contribution in [3.63, 3.8) is 0 Å². The Morgan fingerprint density at radius 3 is 2.37 bits per heavy atom. The summed E-state index contributed by atoms with van der Waals surface area (Å²) in [4.78, 5) is 14.0. The molecule has 8 heteroatoms. The Balaban J connectivity index is 1.67. The van der Waals surface area contributed by atoms with E-state index in [1.807, 2.05) is 18.2 Å². The summed E-state index contributed by atoms with van der Waals surface area (Å²) >= 11 is 0. The predicted octanol–water partition coefficient (Wildman–Crippen LogP) is 1.45. The van der Waals surface area contributed by atoms with E-state index in [0.29, 0.717) is 17.7 Å². The van der Waals surface area contributed by atoms with Crippen LogP contribution in [0.5, 0.6) is 0 Å². The Hall–Kier alpha value is -2.42. The number of piperidine rings is 1. The summed E-state index contributed by atoms with van der Waals surface area (Å²) in [6, 6.07) is 9.17. The monoisotopic (exact) mass is 386 g/mol. The highest BCUT2D eigenvalue weighted by molar-refractivity contribution is 7.89. The maximum Gasteiger partial charge on any atom is 0.243 e. The van der Waals surface area contributed by atoms with Crippen LogP contribution in [0.2, 0.25) is 0 Å². The molecule has 1 aliphatic heterocycles. The van der Waals surface area contributed by atoms with Crippen LogP contribution in [-0.4, -0.2) is 49.7 Å². The molecule has 2 aliphatic rings. The fourth-order valence-corrected chi connectivity index (χ4v) is 5.36. The molecule has 1 amide bonds. The van der Waals surface area contributed by atoms with Crippen molar-refractivity contribution in [1.82, 2.24) is 9.21 Å². The second kappa shape index (κ2) is 8.08. The average Bonchev–Trinajstić information content (AvgIpc) is 3.15. The number of sulfonamides is 1. The Morgan fingerprint density at radius 1 is 1.11 bits per heavy atom. The van der Waals surface area contributed by atoms with Crippen LogP contribution in [0.25, 0.3) is 0 Å². The number of amides is 1. The topological polar surface area (TPSA) is 105 Å².